The van der Waals surface area contributed by atoms with Crippen molar-refractivity contribution < 1.29 is 14.2 Å². The first-order valence-electron chi connectivity index (χ1n) is 6.11. The lowest BCUT2D eigenvalue weighted by atomic mass is 10.1. The average molecular weight is 318 g/mol. The van der Waals surface area contributed by atoms with Gasteiger partial charge in [0, 0.05) is 23.2 Å². The summed E-state index contributed by atoms with van der Waals surface area (Å²) in [7, 11) is 0. The molecule has 2 unspecified atom stereocenters. The van der Waals surface area contributed by atoms with Crippen molar-refractivity contribution in [2.24, 2.45) is 0 Å². The fourth-order valence-electron chi connectivity index (χ4n) is 2.13. The first-order chi connectivity index (χ1) is 8.70. The summed E-state index contributed by atoms with van der Waals surface area (Å²) in [6.07, 6.45) is 2.27. The Balaban J connectivity index is 2.00. The molecule has 0 amide bonds. The number of hydrogen-bond donors (Lipinski definition) is 2. The lowest BCUT2D eigenvalue weighted by Crippen LogP contribution is -2.32. The third-order valence-corrected chi connectivity index (χ3v) is 3.63. The number of benzene rings is 1. The van der Waals surface area contributed by atoms with E-state index in [0.29, 0.717) is 12.1 Å². The molecule has 18 heavy (non-hydrogen) atoms. The summed E-state index contributed by atoms with van der Waals surface area (Å²) in [5.74, 6) is -0.308. The zero-order valence-electron chi connectivity index (χ0n) is 10.0. The molecule has 1 fully saturated rings. The third kappa shape index (κ3) is 3.51. The molecule has 1 aliphatic rings. The molecule has 2 N–H and O–H groups in total. The van der Waals surface area contributed by atoms with Gasteiger partial charge in [-0.25, -0.2) is 4.39 Å². The molecule has 1 aliphatic heterocycles. The van der Waals surface area contributed by atoms with E-state index < -0.39 is 6.04 Å². The average Bonchev–Trinajstić information content (AvgIpc) is 2.87. The Labute approximate surface area is 114 Å². The van der Waals surface area contributed by atoms with E-state index in [1.165, 1.54) is 6.07 Å². The van der Waals surface area contributed by atoms with Crippen LogP contribution in [0, 0.1) is 5.82 Å². The summed E-state index contributed by atoms with van der Waals surface area (Å²) in [5, 5.41) is 12.5. The summed E-state index contributed by atoms with van der Waals surface area (Å²) in [5.41, 5.74) is 0.477. The van der Waals surface area contributed by atoms with Crippen LogP contribution in [0.1, 0.15) is 24.4 Å². The molecule has 2 atom stereocenters. The van der Waals surface area contributed by atoms with E-state index in [2.05, 4.69) is 21.2 Å². The monoisotopic (exact) mass is 317 g/mol. The minimum Gasteiger partial charge on any atom is -0.394 e. The molecule has 3 nitrogen and oxygen atoms in total. The number of aliphatic hydroxyl groups is 1. The van der Waals surface area contributed by atoms with Gasteiger partial charge in [0.05, 0.1) is 18.8 Å². The summed E-state index contributed by atoms with van der Waals surface area (Å²) in [6, 6.07) is 4.34. The summed E-state index contributed by atoms with van der Waals surface area (Å²) in [6.45, 7) is 1.29. The predicted molar refractivity (Wildman–Crippen MR) is 70.9 cm³/mol. The molecule has 1 saturated heterocycles. The van der Waals surface area contributed by atoms with Crippen LogP contribution < -0.4 is 5.32 Å². The number of nitrogens with one attached hydrogen (secondary N) is 1. The highest BCUT2D eigenvalue weighted by Crippen LogP contribution is 2.22. The number of ether oxygens (including phenoxy) is 1. The van der Waals surface area contributed by atoms with Crippen molar-refractivity contribution in [2.75, 3.05) is 19.8 Å². The molecule has 0 aromatic heterocycles. The van der Waals surface area contributed by atoms with Gasteiger partial charge in [-0.2, -0.15) is 0 Å². The minimum absolute atomic E-state index is 0.139. The maximum absolute atomic E-state index is 13.7. The van der Waals surface area contributed by atoms with Crippen molar-refractivity contribution in [3.63, 3.8) is 0 Å². The Bertz CT molecular complexity index is 397. The van der Waals surface area contributed by atoms with E-state index in [9.17, 15) is 9.50 Å². The molecule has 0 spiro atoms. The second-order valence-corrected chi connectivity index (χ2v) is 5.36. The first-order valence-corrected chi connectivity index (χ1v) is 6.91. The van der Waals surface area contributed by atoms with Crippen molar-refractivity contribution in [1.29, 1.82) is 0 Å². The molecule has 5 heteroatoms. The molecule has 0 bridgehead atoms. The molecule has 0 radical (unpaired) electrons. The van der Waals surface area contributed by atoms with Crippen LogP contribution in [0.5, 0.6) is 0 Å². The Hall–Kier alpha value is -0.490. The fourth-order valence-corrected chi connectivity index (χ4v) is 2.51. The zero-order valence-corrected chi connectivity index (χ0v) is 11.6. The van der Waals surface area contributed by atoms with Crippen LogP contribution in [0.3, 0.4) is 0 Å². The Morgan fingerprint density at radius 1 is 1.56 bits per heavy atom. The topological polar surface area (TPSA) is 41.5 Å². The van der Waals surface area contributed by atoms with Gasteiger partial charge >= 0.3 is 0 Å². The highest BCUT2D eigenvalue weighted by Gasteiger charge is 2.19. The molecule has 100 valence electrons. The first kappa shape index (κ1) is 13.9. The third-order valence-electron chi connectivity index (χ3n) is 3.13. The highest BCUT2D eigenvalue weighted by atomic mass is 79.9. The van der Waals surface area contributed by atoms with Gasteiger partial charge in [-0.05, 0) is 31.0 Å². The van der Waals surface area contributed by atoms with E-state index in [1.54, 1.807) is 12.1 Å². The number of halogens is 2. The van der Waals surface area contributed by atoms with Gasteiger partial charge in [-0.1, -0.05) is 15.9 Å². The van der Waals surface area contributed by atoms with Crippen molar-refractivity contribution in [3.05, 3.63) is 34.1 Å². The Morgan fingerprint density at radius 2 is 2.39 bits per heavy atom. The summed E-state index contributed by atoms with van der Waals surface area (Å²) < 4.78 is 20.0. The molecule has 2 rings (SSSR count). The van der Waals surface area contributed by atoms with Gasteiger partial charge in [-0.3, -0.25) is 0 Å². The van der Waals surface area contributed by atoms with Crippen LogP contribution in [0.15, 0.2) is 22.7 Å². The molecule has 0 saturated carbocycles. The lowest BCUT2D eigenvalue weighted by molar-refractivity contribution is 0.103. The quantitative estimate of drug-likeness (QED) is 0.876. The minimum atomic E-state index is -0.397. The predicted octanol–water partition coefficient (Wildman–Crippen LogP) is 2.39. The second-order valence-electron chi connectivity index (χ2n) is 4.44. The Morgan fingerprint density at radius 3 is 3.06 bits per heavy atom. The fraction of sp³-hybridized carbons (Fsp3) is 0.538. The lowest BCUT2D eigenvalue weighted by Gasteiger charge is -2.20. The smallest absolute Gasteiger partial charge is 0.128 e. The van der Waals surface area contributed by atoms with Crippen molar-refractivity contribution in [3.8, 4) is 0 Å². The molecule has 0 aliphatic carbocycles. The normalized spacial score (nSPS) is 21.2. The van der Waals surface area contributed by atoms with Crippen LogP contribution in [-0.2, 0) is 4.74 Å². The van der Waals surface area contributed by atoms with Crippen molar-refractivity contribution in [2.45, 2.75) is 25.0 Å². The number of rotatable bonds is 5. The van der Waals surface area contributed by atoms with Crippen molar-refractivity contribution in [1.82, 2.24) is 5.32 Å². The van der Waals surface area contributed by atoms with Crippen LogP contribution in [0.2, 0.25) is 0 Å². The molecule has 1 heterocycles. The molecular weight excluding hydrogens is 301 g/mol. The zero-order chi connectivity index (χ0) is 13.0. The van der Waals surface area contributed by atoms with E-state index in [4.69, 9.17) is 4.74 Å². The second kappa shape index (κ2) is 6.61. The molecular formula is C13H17BrFNO2. The Kier molecular flexibility index (Phi) is 5.12. The standard InChI is InChI=1S/C13H17BrFNO2/c14-9-3-4-12(15)11(6-9)13(8-17)16-7-10-2-1-5-18-10/h3-4,6,10,13,16-17H,1-2,5,7-8H2. The van der Waals surface area contributed by atoms with Gasteiger partial charge in [0.2, 0.25) is 0 Å². The van der Waals surface area contributed by atoms with Crippen LogP contribution in [0.25, 0.3) is 0 Å². The van der Waals surface area contributed by atoms with E-state index in [1.807, 2.05) is 0 Å². The van der Waals surface area contributed by atoms with Crippen LogP contribution in [-0.4, -0.2) is 31.0 Å². The van der Waals surface area contributed by atoms with Gasteiger partial charge in [0.25, 0.3) is 0 Å². The summed E-state index contributed by atoms with van der Waals surface area (Å²) in [4.78, 5) is 0. The van der Waals surface area contributed by atoms with Crippen molar-refractivity contribution >= 4 is 15.9 Å². The van der Waals surface area contributed by atoms with Crippen LogP contribution in [0.4, 0.5) is 4.39 Å². The number of aliphatic hydroxyl groups excluding tert-OH is 1. The van der Waals surface area contributed by atoms with E-state index >= 15 is 0 Å². The van der Waals surface area contributed by atoms with E-state index in [-0.39, 0.29) is 18.5 Å². The molecule has 1 aromatic rings. The SMILES string of the molecule is OCC(NCC1CCCO1)c1cc(Br)ccc1F. The maximum atomic E-state index is 13.7. The largest absolute Gasteiger partial charge is 0.394 e. The molecule has 1 aromatic carbocycles. The van der Waals surface area contributed by atoms with Crippen LogP contribution >= 0.6 is 15.9 Å². The van der Waals surface area contributed by atoms with Gasteiger partial charge in [0.15, 0.2) is 0 Å². The highest BCUT2D eigenvalue weighted by molar-refractivity contribution is 9.10. The van der Waals surface area contributed by atoms with Gasteiger partial charge < -0.3 is 15.2 Å². The summed E-state index contributed by atoms with van der Waals surface area (Å²) >= 11 is 3.31. The van der Waals surface area contributed by atoms with Gasteiger partial charge in [-0.15, -0.1) is 0 Å². The van der Waals surface area contributed by atoms with Gasteiger partial charge in [0.1, 0.15) is 5.82 Å². The number of hydrogen-bond acceptors (Lipinski definition) is 3. The van der Waals surface area contributed by atoms with E-state index in [0.717, 1.165) is 23.9 Å². The maximum Gasteiger partial charge on any atom is 0.128 e.